The molecule has 0 saturated heterocycles. The first kappa shape index (κ1) is 13.2. The summed E-state index contributed by atoms with van der Waals surface area (Å²) in [6.07, 6.45) is 0.568. The molecule has 0 aliphatic heterocycles. The Bertz CT molecular complexity index is 707. The lowest BCUT2D eigenvalue weighted by atomic mass is 9.79. The van der Waals surface area contributed by atoms with Crippen LogP contribution in [-0.4, -0.2) is 10.9 Å². The van der Waals surface area contributed by atoms with Gasteiger partial charge in [-0.05, 0) is 37.5 Å². The Balaban J connectivity index is 2.19. The summed E-state index contributed by atoms with van der Waals surface area (Å²) < 4.78 is 0. The van der Waals surface area contributed by atoms with E-state index in [0.29, 0.717) is 22.6 Å². The monoisotopic (exact) mass is 286 g/mol. The molecule has 0 heterocycles. The van der Waals surface area contributed by atoms with Gasteiger partial charge in [0.2, 0.25) is 0 Å². The van der Waals surface area contributed by atoms with E-state index in [4.69, 9.17) is 11.6 Å². The molecule has 3 rings (SSSR count). The summed E-state index contributed by atoms with van der Waals surface area (Å²) in [5, 5.41) is 10.3. The smallest absolute Gasteiger partial charge is 0.175 e. The number of hydrogen-bond acceptors (Lipinski definition) is 2. The first-order valence-electron chi connectivity index (χ1n) is 6.56. The van der Waals surface area contributed by atoms with Crippen LogP contribution in [0.1, 0.15) is 34.0 Å². The number of benzene rings is 2. The fraction of sp³-hybridized carbons (Fsp3) is 0.235. The van der Waals surface area contributed by atoms with Crippen LogP contribution >= 0.6 is 11.6 Å². The third kappa shape index (κ3) is 1.68. The number of ketones is 1. The van der Waals surface area contributed by atoms with Crippen LogP contribution in [0.5, 0.6) is 5.75 Å². The number of hydrogen-bond donors (Lipinski definition) is 1. The number of phenols is 1. The fourth-order valence-electron chi connectivity index (χ4n) is 2.95. The highest BCUT2D eigenvalue weighted by Gasteiger charge is 2.44. The predicted molar refractivity (Wildman–Crippen MR) is 79.7 cm³/mol. The van der Waals surface area contributed by atoms with E-state index in [1.165, 1.54) is 0 Å². The van der Waals surface area contributed by atoms with Gasteiger partial charge in [-0.1, -0.05) is 41.9 Å². The second kappa shape index (κ2) is 4.35. The molecule has 0 aromatic heterocycles. The zero-order valence-electron chi connectivity index (χ0n) is 11.4. The SMILES string of the molecule is Cc1c(O)cc2c(c1Cl)C(=O)[C@@](C)(c1ccccc1)C2. The molecule has 0 saturated carbocycles. The van der Waals surface area contributed by atoms with E-state index in [1.54, 1.807) is 13.0 Å². The summed E-state index contributed by atoms with van der Waals surface area (Å²) in [6, 6.07) is 11.4. The lowest BCUT2D eigenvalue weighted by Gasteiger charge is -2.22. The number of rotatable bonds is 1. The highest BCUT2D eigenvalue weighted by atomic mass is 35.5. The second-order valence-corrected chi connectivity index (χ2v) is 5.95. The van der Waals surface area contributed by atoms with Crippen LogP contribution in [0.3, 0.4) is 0 Å². The number of carbonyl (C=O) groups excluding carboxylic acids is 1. The normalized spacial score (nSPS) is 21.1. The van der Waals surface area contributed by atoms with Crippen LogP contribution in [0.4, 0.5) is 0 Å². The van der Waals surface area contributed by atoms with Crippen LogP contribution in [-0.2, 0) is 11.8 Å². The van der Waals surface area contributed by atoms with Crippen molar-refractivity contribution in [1.29, 1.82) is 0 Å². The molecule has 1 aliphatic rings. The molecule has 0 unspecified atom stereocenters. The molecular weight excluding hydrogens is 272 g/mol. The molecule has 0 spiro atoms. The molecular formula is C17H15ClO2. The van der Waals surface area contributed by atoms with Gasteiger partial charge in [0, 0.05) is 11.1 Å². The minimum Gasteiger partial charge on any atom is -0.508 e. The van der Waals surface area contributed by atoms with Crippen molar-refractivity contribution >= 4 is 17.4 Å². The quantitative estimate of drug-likeness (QED) is 0.859. The zero-order valence-corrected chi connectivity index (χ0v) is 12.2. The lowest BCUT2D eigenvalue weighted by Crippen LogP contribution is -2.29. The van der Waals surface area contributed by atoms with Crippen LogP contribution in [0.25, 0.3) is 0 Å². The molecule has 2 nitrogen and oxygen atoms in total. The third-order valence-electron chi connectivity index (χ3n) is 4.25. The highest BCUT2D eigenvalue weighted by Crippen LogP contribution is 2.45. The van der Waals surface area contributed by atoms with Gasteiger partial charge in [-0.25, -0.2) is 0 Å². The summed E-state index contributed by atoms with van der Waals surface area (Å²) in [5.74, 6) is 0.186. The average molecular weight is 287 g/mol. The van der Waals surface area contributed by atoms with Crippen molar-refractivity contribution < 1.29 is 9.90 Å². The van der Waals surface area contributed by atoms with E-state index < -0.39 is 5.41 Å². The average Bonchev–Trinajstić information content (AvgIpc) is 2.70. The van der Waals surface area contributed by atoms with E-state index in [-0.39, 0.29) is 11.5 Å². The molecule has 2 aromatic carbocycles. The molecule has 102 valence electrons. The molecule has 0 amide bonds. The number of halogens is 1. The van der Waals surface area contributed by atoms with Gasteiger partial charge in [0.15, 0.2) is 5.78 Å². The van der Waals surface area contributed by atoms with Gasteiger partial charge in [-0.3, -0.25) is 4.79 Å². The number of Topliss-reactive ketones (excluding diaryl/α,β-unsaturated/α-hetero) is 1. The summed E-state index contributed by atoms with van der Waals surface area (Å²) in [4.78, 5) is 12.8. The Morgan fingerprint density at radius 2 is 1.90 bits per heavy atom. The van der Waals surface area contributed by atoms with Crippen molar-refractivity contribution in [2.75, 3.05) is 0 Å². The standard InChI is InChI=1S/C17H15ClO2/c1-10-13(19)8-11-9-17(2,12-6-4-3-5-7-12)16(20)14(11)15(10)18/h3-8,19H,9H2,1-2H3/t17-/m1/s1. The lowest BCUT2D eigenvalue weighted by molar-refractivity contribution is 0.0915. The Morgan fingerprint density at radius 3 is 2.55 bits per heavy atom. The molecule has 0 bridgehead atoms. The van der Waals surface area contributed by atoms with Crippen LogP contribution < -0.4 is 0 Å². The van der Waals surface area contributed by atoms with Crippen molar-refractivity contribution in [2.45, 2.75) is 25.7 Å². The fourth-order valence-corrected chi connectivity index (χ4v) is 3.25. The maximum atomic E-state index is 12.8. The molecule has 1 N–H and O–H groups in total. The first-order valence-corrected chi connectivity index (χ1v) is 6.94. The van der Waals surface area contributed by atoms with Gasteiger partial charge >= 0.3 is 0 Å². The number of aromatic hydroxyl groups is 1. The predicted octanol–water partition coefficient (Wildman–Crippen LogP) is 4.05. The highest BCUT2D eigenvalue weighted by molar-refractivity contribution is 6.36. The van der Waals surface area contributed by atoms with E-state index in [1.807, 2.05) is 37.3 Å². The van der Waals surface area contributed by atoms with E-state index in [0.717, 1.165) is 11.1 Å². The Labute approximate surface area is 123 Å². The van der Waals surface area contributed by atoms with Crippen molar-refractivity contribution in [3.05, 3.63) is 63.7 Å². The summed E-state index contributed by atoms with van der Waals surface area (Å²) in [5.41, 5.74) is 2.33. The molecule has 3 heteroatoms. The number of carbonyl (C=O) groups is 1. The number of phenolic OH excluding ortho intramolecular Hbond substituents is 1. The van der Waals surface area contributed by atoms with Crippen LogP contribution in [0.2, 0.25) is 5.02 Å². The van der Waals surface area contributed by atoms with Gasteiger partial charge < -0.3 is 5.11 Å². The minimum atomic E-state index is -0.604. The Kier molecular flexibility index (Phi) is 2.87. The third-order valence-corrected chi connectivity index (χ3v) is 4.72. The van der Waals surface area contributed by atoms with Gasteiger partial charge in [0.05, 0.1) is 10.4 Å². The van der Waals surface area contributed by atoms with Crippen LogP contribution in [0, 0.1) is 6.92 Å². The zero-order chi connectivity index (χ0) is 14.5. The Morgan fingerprint density at radius 1 is 1.25 bits per heavy atom. The molecule has 1 atom stereocenters. The maximum absolute atomic E-state index is 12.8. The van der Waals surface area contributed by atoms with Gasteiger partial charge in [-0.15, -0.1) is 0 Å². The van der Waals surface area contributed by atoms with Crippen molar-refractivity contribution in [1.82, 2.24) is 0 Å². The minimum absolute atomic E-state index is 0.0341. The van der Waals surface area contributed by atoms with E-state index >= 15 is 0 Å². The largest absolute Gasteiger partial charge is 0.508 e. The van der Waals surface area contributed by atoms with E-state index in [9.17, 15) is 9.90 Å². The first-order chi connectivity index (χ1) is 9.45. The van der Waals surface area contributed by atoms with Crippen molar-refractivity contribution in [2.24, 2.45) is 0 Å². The molecule has 2 aromatic rings. The molecule has 20 heavy (non-hydrogen) atoms. The van der Waals surface area contributed by atoms with Gasteiger partial charge in [0.25, 0.3) is 0 Å². The maximum Gasteiger partial charge on any atom is 0.175 e. The number of fused-ring (bicyclic) bond motifs is 1. The summed E-state index contributed by atoms with van der Waals surface area (Å²) in [7, 11) is 0. The summed E-state index contributed by atoms with van der Waals surface area (Å²) >= 11 is 6.27. The van der Waals surface area contributed by atoms with Crippen molar-refractivity contribution in [3.63, 3.8) is 0 Å². The molecule has 1 aliphatic carbocycles. The Hall–Kier alpha value is -1.80. The van der Waals surface area contributed by atoms with Crippen LogP contribution in [0.15, 0.2) is 36.4 Å². The summed E-state index contributed by atoms with van der Waals surface area (Å²) in [6.45, 7) is 3.66. The molecule has 0 fully saturated rings. The topological polar surface area (TPSA) is 37.3 Å². The van der Waals surface area contributed by atoms with Crippen molar-refractivity contribution in [3.8, 4) is 5.75 Å². The van der Waals surface area contributed by atoms with Gasteiger partial charge in [0.1, 0.15) is 5.75 Å². The molecule has 0 radical (unpaired) electrons. The second-order valence-electron chi connectivity index (χ2n) is 5.57. The van der Waals surface area contributed by atoms with Gasteiger partial charge in [-0.2, -0.15) is 0 Å². The van der Waals surface area contributed by atoms with E-state index in [2.05, 4.69) is 0 Å².